The Hall–Kier alpha value is -2.35. The van der Waals surface area contributed by atoms with Crippen LogP contribution in [0.2, 0.25) is 0 Å². The number of hydrogen-bond acceptors (Lipinski definition) is 1. The largest absolute Gasteiger partial charge is 0.240 e. The van der Waals surface area contributed by atoms with E-state index in [1.165, 1.54) is 32.8 Å². The lowest BCUT2D eigenvalue weighted by atomic mass is 10.0. The highest BCUT2D eigenvalue weighted by atomic mass is 15.2. The average molecular weight is 276 g/mol. The van der Waals surface area contributed by atoms with Crippen molar-refractivity contribution in [3.8, 4) is 0 Å². The monoisotopic (exact) mass is 276 g/mol. The molecule has 0 spiro atoms. The van der Waals surface area contributed by atoms with Gasteiger partial charge in [0.1, 0.15) is 5.52 Å². The molecule has 4 aromatic rings. The molecule has 0 unspecified atom stereocenters. The molecule has 0 aliphatic carbocycles. The van der Waals surface area contributed by atoms with Crippen molar-refractivity contribution in [2.24, 2.45) is 0 Å². The van der Waals surface area contributed by atoms with E-state index in [1.807, 2.05) is 24.6 Å². The Bertz CT molecular complexity index is 932. The second kappa shape index (κ2) is 5.21. The molecular weight excluding hydrogens is 256 g/mol. The topological polar surface area (TPSA) is 17.3 Å². The molecule has 2 heteroatoms. The van der Waals surface area contributed by atoms with Crippen LogP contribution in [0.3, 0.4) is 0 Å². The normalized spacial score (nSPS) is 10.9. The molecule has 2 aromatic heterocycles. The molecule has 0 radical (unpaired) electrons. The van der Waals surface area contributed by atoms with Gasteiger partial charge in [-0.25, -0.2) is 4.52 Å². The van der Waals surface area contributed by atoms with E-state index in [0.29, 0.717) is 0 Å². The molecule has 21 heavy (non-hydrogen) atoms. The molecule has 0 fully saturated rings. The minimum Gasteiger partial charge on any atom is -0.240 e. The third-order valence-corrected chi connectivity index (χ3v) is 3.80. The third-order valence-electron chi connectivity index (χ3n) is 3.80. The Balaban J connectivity index is 0.000000636. The lowest BCUT2D eigenvalue weighted by molar-refractivity contribution is 0.979. The summed E-state index contributed by atoms with van der Waals surface area (Å²) in [5.74, 6) is 0. The van der Waals surface area contributed by atoms with Gasteiger partial charge in [-0.15, -0.1) is 0 Å². The molecule has 0 aliphatic rings. The molecule has 0 saturated carbocycles. The fourth-order valence-electron chi connectivity index (χ4n) is 2.84. The molecule has 0 bridgehead atoms. The maximum Gasteiger partial charge on any atom is 0.101 e. The van der Waals surface area contributed by atoms with Crippen molar-refractivity contribution in [2.45, 2.75) is 27.7 Å². The van der Waals surface area contributed by atoms with Crippen LogP contribution in [0.25, 0.3) is 27.2 Å². The second-order valence-electron chi connectivity index (χ2n) is 5.17. The summed E-state index contributed by atoms with van der Waals surface area (Å²) in [6.07, 6.45) is 2.04. The quantitative estimate of drug-likeness (QED) is 0.427. The number of hydrogen-bond donors (Lipinski definition) is 0. The van der Waals surface area contributed by atoms with Gasteiger partial charge >= 0.3 is 0 Å². The van der Waals surface area contributed by atoms with Crippen LogP contribution in [0.1, 0.15) is 25.0 Å². The van der Waals surface area contributed by atoms with E-state index in [0.717, 1.165) is 5.52 Å². The zero-order valence-corrected chi connectivity index (χ0v) is 13.0. The predicted octanol–water partition coefficient (Wildman–Crippen LogP) is 5.28. The van der Waals surface area contributed by atoms with Crippen molar-refractivity contribution in [1.29, 1.82) is 0 Å². The van der Waals surface area contributed by atoms with E-state index in [2.05, 4.69) is 56.3 Å². The summed E-state index contributed by atoms with van der Waals surface area (Å²) in [5, 5.41) is 8.50. The van der Waals surface area contributed by atoms with Crippen LogP contribution in [0.5, 0.6) is 0 Å². The number of aromatic nitrogens is 2. The number of rotatable bonds is 0. The lowest BCUT2D eigenvalue weighted by Crippen LogP contribution is -1.85. The Labute approximate surface area is 125 Å². The Morgan fingerprint density at radius 1 is 0.857 bits per heavy atom. The van der Waals surface area contributed by atoms with Gasteiger partial charge in [-0.3, -0.25) is 0 Å². The summed E-state index contributed by atoms with van der Waals surface area (Å²) in [7, 11) is 0. The fourth-order valence-corrected chi connectivity index (χ4v) is 2.84. The first-order chi connectivity index (χ1) is 10.2. The Kier molecular flexibility index (Phi) is 3.38. The maximum absolute atomic E-state index is 4.74. The van der Waals surface area contributed by atoms with Gasteiger partial charge < -0.3 is 0 Å². The van der Waals surface area contributed by atoms with Crippen molar-refractivity contribution in [1.82, 2.24) is 9.61 Å². The highest BCUT2D eigenvalue weighted by Crippen LogP contribution is 2.30. The number of fused-ring (bicyclic) bond motifs is 5. The van der Waals surface area contributed by atoms with E-state index < -0.39 is 0 Å². The van der Waals surface area contributed by atoms with Gasteiger partial charge in [0.05, 0.1) is 5.52 Å². The zero-order valence-electron chi connectivity index (χ0n) is 13.0. The predicted molar refractivity (Wildman–Crippen MR) is 91.0 cm³/mol. The summed E-state index contributed by atoms with van der Waals surface area (Å²) in [5.41, 5.74) is 4.84. The van der Waals surface area contributed by atoms with Gasteiger partial charge in [0, 0.05) is 17.0 Å². The SMILES string of the molecule is CC.Cc1ccn2nc3c4ccccc4c(C)cc3c2c1. The number of aryl methyl sites for hydroxylation is 2. The van der Waals surface area contributed by atoms with E-state index in [1.54, 1.807) is 0 Å². The zero-order chi connectivity index (χ0) is 15.0. The molecule has 106 valence electrons. The number of nitrogens with zero attached hydrogens (tertiary/aromatic N) is 2. The Morgan fingerprint density at radius 2 is 1.57 bits per heavy atom. The summed E-state index contributed by atoms with van der Waals surface area (Å²) in [4.78, 5) is 0. The summed E-state index contributed by atoms with van der Waals surface area (Å²) >= 11 is 0. The van der Waals surface area contributed by atoms with Crippen molar-refractivity contribution in [2.75, 3.05) is 0 Å². The minimum atomic E-state index is 1.09. The Morgan fingerprint density at radius 3 is 2.33 bits per heavy atom. The maximum atomic E-state index is 4.74. The van der Waals surface area contributed by atoms with E-state index in [4.69, 9.17) is 5.10 Å². The molecule has 4 rings (SSSR count). The lowest BCUT2D eigenvalue weighted by Gasteiger charge is -2.02. The second-order valence-corrected chi connectivity index (χ2v) is 5.17. The standard InChI is InChI=1S/C17H14N2.C2H6/c1-11-7-8-19-16(9-11)15-10-12(2)13-5-3-4-6-14(13)17(15)18-19;1-2/h3-10H,1-2H3;1-2H3. The summed E-state index contributed by atoms with van der Waals surface area (Å²) in [6.45, 7) is 8.29. The van der Waals surface area contributed by atoms with Crippen LogP contribution in [0.4, 0.5) is 0 Å². The molecule has 0 atom stereocenters. The smallest absolute Gasteiger partial charge is 0.101 e. The summed E-state index contributed by atoms with van der Waals surface area (Å²) in [6, 6.07) is 15.0. The molecule has 0 N–H and O–H groups in total. The highest BCUT2D eigenvalue weighted by Gasteiger charge is 2.10. The van der Waals surface area contributed by atoms with E-state index in [-0.39, 0.29) is 0 Å². The van der Waals surface area contributed by atoms with Crippen LogP contribution in [-0.4, -0.2) is 9.61 Å². The molecule has 0 amide bonds. The average Bonchev–Trinajstić information content (AvgIpc) is 2.88. The molecule has 0 saturated heterocycles. The summed E-state index contributed by atoms with van der Waals surface area (Å²) < 4.78 is 1.98. The van der Waals surface area contributed by atoms with Crippen molar-refractivity contribution < 1.29 is 0 Å². The van der Waals surface area contributed by atoms with Crippen LogP contribution < -0.4 is 0 Å². The van der Waals surface area contributed by atoms with E-state index in [9.17, 15) is 0 Å². The van der Waals surface area contributed by atoms with Crippen molar-refractivity contribution in [3.05, 3.63) is 59.8 Å². The van der Waals surface area contributed by atoms with Gasteiger partial charge in [-0.05, 0) is 48.6 Å². The molecule has 0 aliphatic heterocycles. The van der Waals surface area contributed by atoms with Crippen molar-refractivity contribution >= 4 is 27.2 Å². The van der Waals surface area contributed by atoms with Gasteiger partial charge in [-0.2, -0.15) is 5.10 Å². The first kappa shape index (κ1) is 13.6. The van der Waals surface area contributed by atoms with E-state index >= 15 is 0 Å². The third kappa shape index (κ3) is 2.07. The van der Waals surface area contributed by atoms with Gasteiger partial charge in [-0.1, -0.05) is 38.1 Å². The molecule has 2 aromatic carbocycles. The first-order valence-electron chi connectivity index (χ1n) is 7.51. The number of pyridine rings is 1. The molecular formula is C19H20N2. The highest BCUT2D eigenvalue weighted by molar-refractivity contribution is 6.11. The molecule has 2 heterocycles. The van der Waals surface area contributed by atoms with Gasteiger partial charge in [0.2, 0.25) is 0 Å². The van der Waals surface area contributed by atoms with Crippen molar-refractivity contribution in [3.63, 3.8) is 0 Å². The molecule has 2 nitrogen and oxygen atoms in total. The van der Waals surface area contributed by atoms with Crippen LogP contribution >= 0.6 is 0 Å². The number of benzene rings is 2. The van der Waals surface area contributed by atoms with Gasteiger partial charge in [0.25, 0.3) is 0 Å². The fraction of sp³-hybridized carbons (Fsp3) is 0.211. The van der Waals surface area contributed by atoms with Gasteiger partial charge in [0.15, 0.2) is 0 Å². The van der Waals surface area contributed by atoms with Crippen LogP contribution in [-0.2, 0) is 0 Å². The van der Waals surface area contributed by atoms with Crippen LogP contribution in [0.15, 0.2) is 48.7 Å². The minimum absolute atomic E-state index is 1.09. The first-order valence-corrected chi connectivity index (χ1v) is 7.51. The van der Waals surface area contributed by atoms with Crippen LogP contribution in [0, 0.1) is 13.8 Å².